The highest BCUT2D eigenvalue weighted by atomic mass is 32.2. The monoisotopic (exact) mass is 88.0 g/mol. The van der Waals surface area contributed by atoms with E-state index in [2.05, 4.69) is 11.2 Å². The Balaban J connectivity index is 2.32. The molecule has 0 unspecified atom stereocenters. The number of thioether (sulfide) groups is 1. The van der Waals surface area contributed by atoms with E-state index in [-0.39, 0.29) is 0 Å². The van der Waals surface area contributed by atoms with Crippen molar-refractivity contribution in [3.8, 4) is 0 Å². The molecule has 0 saturated carbocycles. The van der Waals surface area contributed by atoms with Gasteiger partial charge in [0.15, 0.2) is 5.88 Å². The molecule has 0 aromatic carbocycles. The van der Waals surface area contributed by atoms with Gasteiger partial charge in [-0.25, -0.2) is 4.99 Å². The number of rotatable bonds is 0. The fraction of sp³-hybridized carbons (Fsp3) is 0.667. The largest absolute Gasteiger partial charge is 0.241 e. The van der Waals surface area contributed by atoms with Crippen molar-refractivity contribution in [3.63, 3.8) is 0 Å². The average Bonchev–Trinajstić information content (AvgIpc) is 1.76. The Morgan fingerprint density at radius 2 is 2.80 bits per heavy atom. The second-order valence-corrected chi connectivity index (χ2v) is 1.95. The van der Waals surface area contributed by atoms with E-state index in [9.17, 15) is 0 Å². The molecule has 0 radical (unpaired) electrons. The maximum absolute atomic E-state index is 3.06. The molecule has 0 bridgehead atoms. The van der Waals surface area contributed by atoms with Crippen molar-refractivity contribution in [2.24, 2.45) is 0 Å². The summed E-state index contributed by atoms with van der Waals surface area (Å²) in [5.41, 5.74) is 0. The first-order valence-electron chi connectivity index (χ1n) is 1.63. The van der Waals surface area contributed by atoms with Crippen LogP contribution in [0.5, 0.6) is 0 Å². The van der Waals surface area contributed by atoms with E-state index >= 15 is 0 Å². The molecule has 0 spiro atoms. The molecule has 1 rings (SSSR count). The van der Waals surface area contributed by atoms with Crippen molar-refractivity contribution >= 4 is 18.0 Å². The zero-order valence-corrected chi connectivity index (χ0v) is 3.72. The standard InChI is InChI=1S/C3H5NS/c1-2-5-3-4-1/h1H,2-3H2/p+1. The predicted molar refractivity (Wildman–Crippen MR) is 24.4 cm³/mol. The Morgan fingerprint density at radius 3 is 3.00 bits per heavy atom. The van der Waals surface area contributed by atoms with Gasteiger partial charge in [0.2, 0.25) is 0 Å². The first-order chi connectivity index (χ1) is 2.50. The van der Waals surface area contributed by atoms with E-state index in [1.807, 2.05) is 11.8 Å². The molecule has 1 aliphatic rings. The van der Waals surface area contributed by atoms with Crippen LogP contribution in [-0.4, -0.2) is 17.8 Å². The summed E-state index contributed by atoms with van der Waals surface area (Å²) in [6.45, 7) is 0. The van der Waals surface area contributed by atoms with Crippen LogP contribution in [0.4, 0.5) is 0 Å². The molecule has 0 fully saturated rings. The summed E-state index contributed by atoms with van der Waals surface area (Å²) in [6, 6.07) is 0. The molecule has 1 heterocycles. The minimum atomic E-state index is 1.11. The summed E-state index contributed by atoms with van der Waals surface area (Å²) < 4.78 is 0. The topological polar surface area (TPSA) is 14.0 Å². The van der Waals surface area contributed by atoms with Crippen LogP contribution in [0.1, 0.15) is 0 Å². The Bertz CT molecular complexity index is 44.9. The van der Waals surface area contributed by atoms with E-state index in [4.69, 9.17) is 0 Å². The molecule has 0 aliphatic carbocycles. The Kier molecular flexibility index (Phi) is 0.937. The third-order valence-electron chi connectivity index (χ3n) is 0.531. The summed E-state index contributed by atoms with van der Waals surface area (Å²) in [4.78, 5) is 3.06. The summed E-state index contributed by atoms with van der Waals surface area (Å²) in [5, 5.41) is 0. The number of hydrogen-bond acceptors (Lipinski definition) is 1. The quantitative estimate of drug-likeness (QED) is 0.394. The third-order valence-corrected chi connectivity index (χ3v) is 1.30. The van der Waals surface area contributed by atoms with Gasteiger partial charge >= 0.3 is 0 Å². The molecule has 28 valence electrons. The molecule has 0 saturated heterocycles. The van der Waals surface area contributed by atoms with E-state index in [1.54, 1.807) is 0 Å². The highest BCUT2D eigenvalue weighted by molar-refractivity contribution is 7.99. The van der Waals surface area contributed by atoms with Crippen LogP contribution >= 0.6 is 11.8 Å². The van der Waals surface area contributed by atoms with Gasteiger partial charge in [-0.2, -0.15) is 0 Å². The van der Waals surface area contributed by atoms with Crippen LogP contribution in [0.3, 0.4) is 0 Å². The van der Waals surface area contributed by atoms with E-state index in [0.29, 0.717) is 0 Å². The van der Waals surface area contributed by atoms with Gasteiger partial charge in [-0.15, -0.1) is 0 Å². The molecule has 1 aliphatic heterocycles. The number of nitrogens with one attached hydrogen (secondary N) is 1. The van der Waals surface area contributed by atoms with Gasteiger partial charge in [-0.3, -0.25) is 0 Å². The van der Waals surface area contributed by atoms with Crippen LogP contribution in [0, 0.1) is 0 Å². The Hall–Kier alpha value is 0.0200. The maximum Gasteiger partial charge on any atom is 0.187 e. The molecule has 2 heteroatoms. The van der Waals surface area contributed by atoms with Gasteiger partial charge < -0.3 is 0 Å². The molecule has 5 heavy (non-hydrogen) atoms. The second-order valence-electron chi connectivity index (χ2n) is 0.923. The first kappa shape index (κ1) is 3.22. The molecule has 0 atom stereocenters. The van der Waals surface area contributed by atoms with E-state index in [1.165, 1.54) is 5.75 Å². The minimum absolute atomic E-state index is 1.11. The highest BCUT2D eigenvalue weighted by Crippen LogP contribution is 1.89. The van der Waals surface area contributed by atoms with Crippen molar-refractivity contribution in [3.05, 3.63) is 0 Å². The number of hydrogen-bond donors (Lipinski definition) is 1. The van der Waals surface area contributed by atoms with Crippen LogP contribution in [-0.2, 0) is 0 Å². The van der Waals surface area contributed by atoms with Crippen molar-refractivity contribution in [2.45, 2.75) is 0 Å². The molecule has 1 N–H and O–H groups in total. The SMILES string of the molecule is C1=[NH+]CSC1. The lowest BCUT2D eigenvalue weighted by molar-refractivity contribution is -0.422. The van der Waals surface area contributed by atoms with Crippen LogP contribution in [0.25, 0.3) is 0 Å². The van der Waals surface area contributed by atoms with Gasteiger partial charge in [-0.05, 0) is 0 Å². The van der Waals surface area contributed by atoms with Crippen molar-refractivity contribution < 1.29 is 4.99 Å². The lowest BCUT2D eigenvalue weighted by atomic mass is 10.9. The minimum Gasteiger partial charge on any atom is -0.241 e. The Labute approximate surface area is 35.5 Å². The lowest BCUT2D eigenvalue weighted by Gasteiger charge is -1.62. The molecule has 0 aromatic rings. The highest BCUT2D eigenvalue weighted by Gasteiger charge is 1.93. The fourth-order valence-corrected chi connectivity index (χ4v) is 0.884. The third kappa shape index (κ3) is 0.651. The van der Waals surface area contributed by atoms with Gasteiger partial charge in [0.05, 0.1) is 5.75 Å². The summed E-state index contributed by atoms with van der Waals surface area (Å²) in [7, 11) is 0. The molecular weight excluding hydrogens is 82.1 g/mol. The molecule has 0 amide bonds. The van der Waals surface area contributed by atoms with Crippen LogP contribution in [0.15, 0.2) is 0 Å². The van der Waals surface area contributed by atoms with Crippen LogP contribution in [0.2, 0.25) is 0 Å². The van der Waals surface area contributed by atoms with Crippen LogP contribution < -0.4 is 4.99 Å². The molecular formula is C3H6NS+. The maximum atomic E-state index is 3.06. The summed E-state index contributed by atoms with van der Waals surface area (Å²) >= 11 is 1.91. The normalized spacial score (nSPS) is 20.8. The average molecular weight is 88.2 g/mol. The smallest absolute Gasteiger partial charge is 0.187 e. The van der Waals surface area contributed by atoms with E-state index in [0.717, 1.165) is 5.88 Å². The zero-order chi connectivity index (χ0) is 3.54. The first-order valence-corrected chi connectivity index (χ1v) is 2.78. The molecule has 0 aromatic heterocycles. The van der Waals surface area contributed by atoms with Crippen molar-refractivity contribution in [1.29, 1.82) is 0 Å². The molecule has 1 nitrogen and oxygen atoms in total. The summed E-state index contributed by atoms with van der Waals surface area (Å²) in [6.07, 6.45) is 2.07. The van der Waals surface area contributed by atoms with E-state index < -0.39 is 0 Å². The Morgan fingerprint density at radius 1 is 1.80 bits per heavy atom. The van der Waals surface area contributed by atoms with Gasteiger partial charge in [0.25, 0.3) is 0 Å². The van der Waals surface area contributed by atoms with Crippen molar-refractivity contribution in [1.82, 2.24) is 0 Å². The lowest BCUT2D eigenvalue weighted by Crippen LogP contribution is -2.64. The zero-order valence-electron chi connectivity index (χ0n) is 2.90. The van der Waals surface area contributed by atoms with Gasteiger partial charge in [0, 0.05) is 0 Å². The van der Waals surface area contributed by atoms with Gasteiger partial charge in [-0.1, -0.05) is 11.8 Å². The summed E-state index contributed by atoms with van der Waals surface area (Å²) in [5.74, 6) is 2.29. The predicted octanol–water partition coefficient (Wildman–Crippen LogP) is -1.16. The van der Waals surface area contributed by atoms with Gasteiger partial charge in [0.1, 0.15) is 6.21 Å². The second kappa shape index (κ2) is 1.45. The fourth-order valence-electron chi connectivity index (χ4n) is 0.295. The van der Waals surface area contributed by atoms with Crippen molar-refractivity contribution in [2.75, 3.05) is 11.6 Å².